The van der Waals surface area contributed by atoms with E-state index in [0.717, 1.165) is 30.8 Å². The van der Waals surface area contributed by atoms with Gasteiger partial charge < -0.3 is 9.64 Å². The predicted molar refractivity (Wildman–Crippen MR) is 79.4 cm³/mol. The molecular weight excluding hydrogens is 288 g/mol. The van der Waals surface area contributed by atoms with E-state index in [0.29, 0.717) is 23.2 Å². The number of amides is 1. The highest BCUT2D eigenvalue weighted by Gasteiger charge is 2.22. The Bertz CT molecular complexity index is 637. The van der Waals surface area contributed by atoms with Gasteiger partial charge in [0.15, 0.2) is 5.01 Å². The highest BCUT2D eigenvalue weighted by molar-refractivity contribution is 7.16. The molecule has 0 N–H and O–H groups in total. The van der Waals surface area contributed by atoms with Crippen molar-refractivity contribution in [2.45, 2.75) is 19.8 Å². The van der Waals surface area contributed by atoms with Crippen LogP contribution in [-0.2, 0) is 0 Å². The van der Waals surface area contributed by atoms with Crippen molar-refractivity contribution in [1.29, 1.82) is 0 Å². The number of thiazole rings is 1. The van der Waals surface area contributed by atoms with E-state index >= 15 is 0 Å². The molecule has 7 heteroatoms. The van der Waals surface area contributed by atoms with Crippen LogP contribution in [0.15, 0.2) is 18.6 Å². The lowest BCUT2D eigenvalue weighted by Crippen LogP contribution is -2.27. The van der Waals surface area contributed by atoms with Crippen molar-refractivity contribution < 1.29 is 9.53 Å². The maximum Gasteiger partial charge on any atom is 0.282 e. The summed E-state index contributed by atoms with van der Waals surface area (Å²) in [7, 11) is 0. The van der Waals surface area contributed by atoms with E-state index in [-0.39, 0.29) is 5.91 Å². The zero-order valence-electron chi connectivity index (χ0n) is 11.8. The monoisotopic (exact) mass is 304 g/mol. The molecule has 0 aliphatic carbocycles. The molecule has 2 aromatic rings. The molecule has 0 spiro atoms. The second-order valence-corrected chi connectivity index (χ2v) is 5.74. The first kappa shape index (κ1) is 13.9. The largest absolute Gasteiger partial charge is 0.477 e. The molecule has 1 saturated heterocycles. The maximum atomic E-state index is 12.3. The lowest BCUT2D eigenvalue weighted by Gasteiger charge is -2.12. The molecule has 0 radical (unpaired) electrons. The summed E-state index contributed by atoms with van der Waals surface area (Å²) >= 11 is 1.35. The Balaban J connectivity index is 1.81. The van der Waals surface area contributed by atoms with E-state index in [4.69, 9.17) is 4.74 Å². The number of likely N-dealkylation sites (tertiary alicyclic amines) is 1. The molecule has 0 aromatic carbocycles. The number of hydrogen-bond acceptors (Lipinski definition) is 6. The summed E-state index contributed by atoms with van der Waals surface area (Å²) in [6, 6.07) is 0. The minimum atomic E-state index is 0.0117. The van der Waals surface area contributed by atoms with Crippen molar-refractivity contribution in [2.24, 2.45) is 0 Å². The Morgan fingerprint density at radius 1 is 1.33 bits per heavy atom. The van der Waals surface area contributed by atoms with E-state index in [9.17, 15) is 4.79 Å². The molecule has 1 fully saturated rings. The van der Waals surface area contributed by atoms with Gasteiger partial charge in [0, 0.05) is 19.3 Å². The van der Waals surface area contributed by atoms with Crippen LogP contribution in [0.5, 0.6) is 5.88 Å². The van der Waals surface area contributed by atoms with Crippen LogP contribution in [0.25, 0.3) is 10.6 Å². The quantitative estimate of drug-likeness (QED) is 0.866. The van der Waals surface area contributed by atoms with Gasteiger partial charge in [-0.2, -0.15) is 0 Å². The van der Waals surface area contributed by atoms with Crippen molar-refractivity contribution >= 4 is 17.2 Å². The van der Waals surface area contributed by atoms with Gasteiger partial charge in [0.1, 0.15) is 5.69 Å². The number of carbonyl (C=O) groups is 1. The minimum absolute atomic E-state index is 0.0117. The molecule has 21 heavy (non-hydrogen) atoms. The highest BCUT2D eigenvalue weighted by Crippen LogP contribution is 2.26. The van der Waals surface area contributed by atoms with E-state index in [1.54, 1.807) is 18.6 Å². The van der Waals surface area contributed by atoms with Gasteiger partial charge in [-0.05, 0) is 19.8 Å². The fourth-order valence-corrected chi connectivity index (χ4v) is 3.07. The first-order valence-corrected chi connectivity index (χ1v) is 7.80. The Morgan fingerprint density at radius 2 is 2.14 bits per heavy atom. The van der Waals surface area contributed by atoms with Gasteiger partial charge in [-0.15, -0.1) is 11.3 Å². The Kier molecular flexibility index (Phi) is 4.10. The molecule has 3 heterocycles. The molecule has 0 bridgehead atoms. The zero-order valence-corrected chi connectivity index (χ0v) is 12.6. The molecule has 110 valence electrons. The van der Waals surface area contributed by atoms with Crippen molar-refractivity contribution in [3.63, 3.8) is 0 Å². The Hall–Kier alpha value is -2.02. The second-order valence-electron chi connectivity index (χ2n) is 4.70. The average molecular weight is 304 g/mol. The first-order valence-electron chi connectivity index (χ1n) is 6.98. The van der Waals surface area contributed by atoms with Gasteiger partial charge in [-0.1, -0.05) is 0 Å². The third-order valence-corrected chi connectivity index (χ3v) is 4.25. The van der Waals surface area contributed by atoms with Crippen molar-refractivity contribution in [1.82, 2.24) is 19.9 Å². The lowest BCUT2D eigenvalue weighted by molar-refractivity contribution is 0.0792. The molecule has 2 aromatic heterocycles. The van der Waals surface area contributed by atoms with Crippen molar-refractivity contribution in [3.8, 4) is 16.5 Å². The van der Waals surface area contributed by atoms with Crippen LogP contribution in [0.4, 0.5) is 0 Å². The zero-order chi connectivity index (χ0) is 14.7. The smallest absolute Gasteiger partial charge is 0.282 e. The summed E-state index contributed by atoms with van der Waals surface area (Å²) in [5.74, 6) is 0.494. The van der Waals surface area contributed by atoms with Crippen LogP contribution < -0.4 is 4.74 Å². The SMILES string of the molecule is CCOc1cncc(-c2cnc(C(=O)N3CCCC3)s2)n1. The number of ether oxygens (including phenoxy) is 1. The van der Waals surface area contributed by atoms with Gasteiger partial charge >= 0.3 is 0 Å². The van der Waals surface area contributed by atoms with Crippen molar-refractivity contribution in [2.75, 3.05) is 19.7 Å². The summed E-state index contributed by atoms with van der Waals surface area (Å²) in [4.78, 5) is 27.7. The molecule has 0 unspecified atom stereocenters. The second kappa shape index (κ2) is 6.17. The van der Waals surface area contributed by atoms with Gasteiger partial charge in [0.25, 0.3) is 5.91 Å². The molecule has 1 amide bonds. The molecule has 0 atom stereocenters. The normalized spacial score (nSPS) is 14.4. The van der Waals surface area contributed by atoms with Crippen LogP contribution in [0, 0.1) is 0 Å². The summed E-state index contributed by atoms with van der Waals surface area (Å²) in [6.45, 7) is 4.09. The summed E-state index contributed by atoms with van der Waals surface area (Å²) in [6.07, 6.45) is 7.05. The highest BCUT2D eigenvalue weighted by atomic mass is 32.1. The predicted octanol–water partition coefficient (Wildman–Crippen LogP) is 2.23. The van der Waals surface area contributed by atoms with Gasteiger partial charge in [-0.3, -0.25) is 9.78 Å². The van der Waals surface area contributed by atoms with E-state index < -0.39 is 0 Å². The number of carbonyl (C=O) groups excluding carboxylic acids is 1. The number of hydrogen-bond donors (Lipinski definition) is 0. The number of aromatic nitrogens is 3. The fourth-order valence-electron chi connectivity index (χ4n) is 2.23. The van der Waals surface area contributed by atoms with Crippen molar-refractivity contribution in [3.05, 3.63) is 23.6 Å². The summed E-state index contributed by atoms with van der Waals surface area (Å²) in [5, 5.41) is 0.510. The van der Waals surface area contributed by atoms with Crippen LogP contribution in [0.3, 0.4) is 0 Å². The molecule has 6 nitrogen and oxygen atoms in total. The van der Waals surface area contributed by atoms with Crippen LogP contribution >= 0.6 is 11.3 Å². The standard InChI is InChI=1S/C14H16N4O2S/c1-2-20-12-9-15-7-10(17-12)11-8-16-13(21-11)14(19)18-5-3-4-6-18/h7-9H,2-6H2,1H3. The third kappa shape index (κ3) is 3.02. The van der Waals surface area contributed by atoms with Crippen LogP contribution in [0.1, 0.15) is 29.6 Å². The van der Waals surface area contributed by atoms with Crippen LogP contribution in [-0.4, -0.2) is 45.5 Å². The molecule has 1 aliphatic heterocycles. The molecular formula is C14H16N4O2S. The topological polar surface area (TPSA) is 68.2 Å². The number of nitrogens with zero attached hydrogens (tertiary/aromatic N) is 4. The van der Waals surface area contributed by atoms with Crippen LogP contribution in [0.2, 0.25) is 0 Å². The first-order chi connectivity index (χ1) is 10.3. The van der Waals surface area contributed by atoms with E-state index in [2.05, 4.69) is 15.0 Å². The minimum Gasteiger partial charge on any atom is -0.477 e. The fraction of sp³-hybridized carbons (Fsp3) is 0.429. The van der Waals surface area contributed by atoms with Gasteiger partial charge in [-0.25, -0.2) is 9.97 Å². The number of rotatable bonds is 4. The van der Waals surface area contributed by atoms with E-state index in [1.807, 2.05) is 11.8 Å². The van der Waals surface area contributed by atoms with Gasteiger partial charge in [0.05, 0.1) is 23.9 Å². The van der Waals surface area contributed by atoms with E-state index in [1.165, 1.54) is 11.3 Å². The lowest BCUT2D eigenvalue weighted by atomic mass is 10.4. The summed E-state index contributed by atoms with van der Waals surface area (Å²) in [5.41, 5.74) is 0.680. The Morgan fingerprint density at radius 3 is 2.90 bits per heavy atom. The average Bonchev–Trinajstić information content (AvgIpc) is 3.19. The maximum absolute atomic E-state index is 12.3. The third-order valence-electron chi connectivity index (χ3n) is 3.24. The Labute approximate surface area is 126 Å². The molecule has 3 rings (SSSR count). The summed E-state index contributed by atoms with van der Waals surface area (Å²) < 4.78 is 5.34. The van der Waals surface area contributed by atoms with Gasteiger partial charge in [0.2, 0.25) is 5.88 Å². The molecule has 0 saturated carbocycles. The molecule has 1 aliphatic rings.